The second kappa shape index (κ2) is 6.35. The summed E-state index contributed by atoms with van der Waals surface area (Å²) in [6.45, 7) is 3.52. The number of Topliss-reactive ketones (excluding diaryl/α,β-unsaturated/α-hetero) is 1. The standard InChI is InChI=1S/C11H18N2O2/c1-3-13-9-10(8-12-13)7-11(14)5-4-6-15-2/h8-9H,3-7H2,1-2H3. The van der Waals surface area contributed by atoms with Crippen LogP contribution < -0.4 is 0 Å². The molecular formula is C11H18N2O2. The molecule has 84 valence electrons. The number of aromatic nitrogens is 2. The number of methoxy groups -OCH3 is 1. The average Bonchev–Trinajstić information content (AvgIpc) is 2.66. The third kappa shape index (κ3) is 4.25. The van der Waals surface area contributed by atoms with E-state index in [0.29, 0.717) is 19.4 Å². The first-order chi connectivity index (χ1) is 7.26. The quantitative estimate of drug-likeness (QED) is 0.640. The number of nitrogens with zero attached hydrogens (tertiary/aromatic N) is 2. The highest BCUT2D eigenvalue weighted by Crippen LogP contribution is 2.03. The Labute approximate surface area is 90.2 Å². The maximum Gasteiger partial charge on any atom is 0.137 e. The minimum Gasteiger partial charge on any atom is -0.385 e. The maximum atomic E-state index is 11.5. The number of aryl methyl sites for hydroxylation is 1. The molecule has 1 rings (SSSR count). The molecule has 0 fully saturated rings. The van der Waals surface area contributed by atoms with Gasteiger partial charge in [-0.15, -0.1) is 0 Å². The Morgan fingerprint density at radius 2 is 2.40 bits per heavy atom. The summed E-state index contributed by atoms with van der Waals surface area (Å²) in [4.78, 5) is 11.5. The number of carbonyl (C=O) groups excluding carboxylic acids is 1. The lowest BCUT2D eigenvalue weighted by molar-refractivity contribution is -0.118. The van der Waals surface area contributed by atoms with Crippen LogP contribution in [0.1, 0.15) is 25.3 Å². The van der Waals surface area contributed by atoms with Crippen LogP contribution in [-0.4, -0.2) is 29.3 Å². The van der Waals surface area contributed by atoms with Crippen LogP contribution in [0.15, 0.2) is 12.4 Å². The molecule has 0 spiro atoms. The van der Waals surface area contributed by atoms with E-state index in [1.807, 2.05) is 17.8 Å². The first-order valence-electron chi connectivity index (χ1n) is 5.28. The summed E-state index contributed by atoms with van der Waals surface area (Å²) in [5.41, 5.74) is 0.999. The van der Waals surface area contributed by atoms with Crippen molar-refractivity contribution in [3.8, 4) is 0 Å². The van der Waals surface area contributed by atoms with E-state index in [9.17, 15) is 4.79 Å². The molecule has 0 unspecified atom stereocenters. The fourth-order valence-corrected chi connectivity index (χ4v) is 1.40. The Balaban J connectivity index is 2.31. The lowest BCUT2D eigenvalue weighted by Crippen LogP contribution is -2.03. The molecule has 0 aliphatic carbocycles. The van der Waals surface area contributed by atoms with Gasteiger partial charge in [-0.05, 0) is 18.9 Å². The highest BCUT2D eigenvalue weighted by Gasteiger charge is 2.05. The minimum atomic E-state index is 0.253. The molecule has 0 atom stereocenters. The predicted molar refractivity (Wildman–Crippen MR) is 57.7 cm³/mol. The first-order valence-corrected chi connectivity index (χ1v) is 5.28. The number of carbonyl (C=O) groups is 1. The summed E-state index contributed by atoms with van der Waals surface area (Å²) < 4.78 is 6.73. The second-order valence-electron chi connectivity index (χ2n) is 3.52. The zero-order valence-corrected chi connectivity index (χ0v) is 9.40. The van der Waals surface area contributed by atoms with Crippen molar-refractivity contribution < 1.29 is 9.53 Å². The summed E-state index contributed by atoms with van der Waals surface area (Å²) in [7, 11) is 1.65. The maximum absolute atomic E-state index is 11.5. The normalized spacial score (nSPS) is 10.5. The Bertz CT molecular complexity index is 307. The topological polar surface area (TPSA) is 44.1 Å². The van der Waals surface area contributed by atoms with Gasteiger partial charge in [-0.25, -0.2) is 0 Å². The monoisotopic (exact) mass is 210 g/mol. The molecule has 0 aromatic carbocycles. The lowest BCUT2D eigenvalue weighted by atomic mass is 10.1. The third-order valence-corrected chi connectivity index (χ3v) is 2.22. The summed E-state index contributed by atoms with van der Waals surface area (Å²) in [5.74, 6) is 0.253. The smallest absolute Gasteiger partial charge is 0.137 e. The molecule has 0 aliphatic rings. The van der Waals surface area contributed by atoms with Crippen LogP contribution >= 0.6 is 0 Å². The first kappa shape index (κ1) is 11.9. The van der Waals surface area contributed by atoms with Crippen molar-refractivity contribution in [3.63, 3.8) is 0 Å². The fraction of sp³-hybridized carbons (Fsp3) is 0.636. The van der Waals surface area contributed by atoms with Gasteiger partial charge in [0, 0.05) is 39.3 Å². The van der Waals surface area contributed by atoms with E-state index in [0.717, 1.165) is 18.5 Å². The minimum absolute atomic E-state index is 0.253. The van der Waals surface area contributed by atoms with Crippen LogP contribution in [-0.2, 0) is 22.5 Å². The Morgan fingerprint density at radius 3 is 3.00 bits per heavy atom. The second-order valence-corrected chi connectivity index (χ2v) is 3.52. The van der Waals surface area contributed by atoms with Crippen molar-refractivity contribution in [1.82, 2.24) is 9.78 Å². The van der Waals surface area contributed by atoms with E-state index >= 15 is 0 Å². The van der Waals surface area contributed by atoms with Crippen molar-refractivity contribution in [2.24, 2.45) is 0 Å². The van der Waals surface area contributed by atoms with Gasteiger partial charge in [-0.1, -0.05) is 0 Å². The van der Waals surface area contributed by atoms with E-state index < -0.39 is 0 Å². The highest BCUT2D eigenvalue weighted by atomic mass is 16.5. The summed E-state index contributed by atoms with van der Waals surface area (Å²) in [6, 6.07) is 0. The van der Waals surface area contributed by atoms with Gasteiger partial charge in [0.15, 0.2) is 0 Å². The molecule has 0 bridgehead atoms. The summed E-state index contributed by atoms with van der Waals surface area (Å²) >= 11 is 0. The highest BCUT2D eigenvalue weighted by molar-refractivity contribution is 5.80. The molecule has 15 heavy (non-hydrogen) atoms. The van der Waals surface area contributed by atoms with E-state index in [4.69, 9.17) is 4.74 Å². The zero-order valence-electron chi connectivity index (χ0n) is 9.40. The van der Waals surface area contributed by atoms with Gasteiger partial charge in [0.1, 0.15) is 5.78 Å². The molecule has 0 saturated carbocycles. The van der Waals surface area contributed by atoms with Gasteiger partial charge >= 0.3 is 0 Å². The number of ketones is 1. The predicted octanol–water partition coefficient (Wildman–Crippen LogP) is 1.44. The van der Waals surface area contributed by atoms with E-state index in [-0.39, 0.29) is 5.78 Å². The molecule has 4 nitrogen and oxygen atoms in total. The van der Waals surface area contributed by atoms with Crippen LogP contribution in [0.5, 0.6) is 0 Å². The number of hydrogen-bond acceptors (Lipinski definition) is 3. The van der Waals surface area contributed by atoms with Crippen LogP contribution in [0, 0.1) is 0 Å². The van der Waals surface area contributed by atoms with Crippen molar-refractivity contribution in [2.75, 3.05) is 13.7 Å². The Morgan fingerprint density at radius 1 is 1.60 bits per heavy atom. The van der Waals surface area contributed by atoms with Crippen molar-refractivity contribution >= 4 is 5.78 Å². The molecule has 0 aliphatic heterocycles. The van der Waals surface area contributed by atoms with Gasteiger partial charge < -0.3 is 4.74 Å². The molecule has 1 heterocycles. The van der Waals surface area contributed by atoms with E-state index in [1.165, 1.54) is 0 Å². The van der Waals surface area contributed by atoms with E-state index in [1.54, 1.807) is 13.3 Å². The molecule has 0 N–H and O–H groups in total. The molecular weight excluding hydrogens is 192 g/mol. The molecule has 0 radical (unpaired) electrons. The van der Waals surface area contributed by atoms with E-state index in [2.05, 4.69) is 5.10 Å². The lowest BCUT2D eigenvalue weighted by Gasteiger charge is -1.98. The molecule has 0 amide bonds. The Hall–Kier alpha value is -1.16. The van der Waals surface area contributed by atoms with Gasteiger partial charge in [0.25, 0.3) is 0 Å². The van der Waals surface area contributed by atoms with Gasteiger partial charge in [0.2, 0.25) is 0 Å². The third-order valence-electron chi connectivity index (χ3n) is 2.22. The average molecular weight is 210 g/mol. The van der Waals surface area contributed by atoms with Crippen molar-refractivity contribution in [1.29, 1.82) is 0 Å². The van der Waals surface area contributed by atoms with Crippen molar-refractivity contribution in [2.45, 2.75) is 32.7 Å². The summed E-state index contributed by atoms with van der Waals surface area (Å²) in [5, 5.41) is 4.12. The number of hydrogen-bond donors (Lipinski definition) is 0. The van der Waals surface area contributed by atoms with Crippen LogP contribution in [0.3, 0.4) is 0 Å². The number of rotatable bonds is 7. The molecule has 1 aromatic heterocycles. The van der Waals surface area contributed by atoms with Gasteiger partial charge in [-0.2, -0.15) is 5.10 Å². The molecule has 4 heteroatoms. The fourth-order valence-electron chi connectivity index (χ4n) is 1.40. The summed E-state index contributed by atoms with van der Waals surface area (Å²) in [6.07, 6.45) is 5.57. The molecule has 1 aromatic rings. The Kier molecular flexibility index (Phi) is 5.04. The van der Waals surface area contributed by atoms with Gasteiger partial charge in [0.05, 0.1) is 6.20 Å². The van der Waals surface area contributed by atoms with Crippen LogP contribution in [0.2, 0.25) is 0 Å². The SMILES string of the molecule is CCn1cc(CC(=O)CCCOC)cn1. The zero-order chi connectivity index (χ0) is 11.1. The van der Waals surface area contributed by atoms with Crippen LogP contribution in [0.25, 0.3) is 0 Å². The van der Waals surface area contributed by atoms with Gasteiger partial charge in [-0.3, -0.25) is 9.48 Å². The molecule has 0 saturated heterocycles. The largest absolute Gasteiger partial charge is 0.385 e. The number of ether oxygens (including phenoxy) is 1. The van der Waals surface area contributed by atoms with Crippen molar-refractivity contribution in [3.05, 3.63) is 18.0 Å². The van der Waals surface area contributed by atoms with Crippen LogP contribution in [0.4, 0.5) is 0 Å².